The highest BCUT2D eigenvalue weighted by Gasteiger charge is 2.15. The summed E-state index contributed by atoms with van der Waals surface area (Å²) in [7, 11) is 0. The van der Waals surface area contributed by atoms with Gasteiger partial charge in [0.2, 0.25) is 0 Å². The largest absolute Gasteiger partial charge is 0.389 e. The van der Waals surface area contributed by atoms with Crippen LogP contribution in [0.3, 0.4) is 0 Å². The standard InChI is InChI=1S/C11H20BrNO3/c1-9(12)5-13-6-10(14)7-15-8-11-3-2-4-16-11/h10-11,13-14H,1-8H2. The Labute approximate surface area is 105 Å². The molecule has 0 spiro atoms. The Kier molecular flexibility index (Phi) is 7.23. The summed E-state index contributed by atoms with van der Waals surface area (Å²) in [6.45, 7) is 6.63. The maximum absolute atomic E-state index is 9.56. The van der Waals surface area contributed by atoms with E-state index in [4.69, 9.17) is 9.47 Å². The van der Waals surface area contributed by atoms with E-state index in [-0.39, 0.29) is 6.10 Å². The highest BCUT2D eigenvalue weighted by molar-refractivity contribution is 9.11. The van der Waals surface area contributed by atoms with E-state index in [0.29, 0.717) is 26.3 Å². The van der Waals surface area contributed by atoms with Gasteiger partial charge in [-0.05, 0) is 12.8 Å². The van der Waals surface area contributed by atoms with Crippen LogP contribution in [-0.4, -0.2) is 50.2 Å². The summed E-state index contributed by atoms with van der Waals surface area (Å²) in [6, 6.07) is 0. The maximum atomic E-state index is 9.56. The van der Waals surface area contributed by atoms with Crippen molar-refractivity contribution in [1.82, 2.24) is 5.32 Å². The molecule has 4 nitrogen and oxygen atoms in total. The lowest BCUT2D eigenvalue weighted by atomic mass is 10.2. The van der Waals surface area contributed by atoms with Gasteiger partial charge in [-0.15, -0.1) is 0 Å². The fraction of sp³-hybridized carbons (Fsp3) is 0.818. The summed E-state index contributed by atoms with van der Waals surface area (Å²) in [5, 5.41) is 12.6. The molecule has 0 saturated carbocycles. The zero-order valence-electron chi connectivity index (χ0n) is 9.45. The van der Waals surface area contributed by atoms with Crippen LogP contribution in [0.1, 0.15) is 12.8 Å². The molecule has 0 aromatic rings. The third-order valence-corrected chi connectivity index (χ3v) is 2.62. The van der Waals surface area contributed by atoms with Crippen LogP contribution in [0.2, 0.25) is 0 Å². The summed E-state index contributed by atoms with van der Waals surface area (Å²) in [5.41, 5.74) is 0. The van der Waals surface area contributed by atoms with E-state index in [1.54, 1.807) is 0 Å². The summed E-state index contributed by atoms with van der Waals surface area (Å²) in [5.74, 6) is 0. The Balaban J connectivity index is 1.92. The molecular formula is C11H20BrNO3. The molecule has 1 aliphatic heterocycles. The van der Waals surface area contributed by atoms with Gasteiger partial charge in [-0.3, -0.25) is 0 Å². The smallest absolute Gasteiger partial charge is 0.0897 e. The van der Waals surface area contributed by atoms with Gasteiger partial charge < -0.3 is 19.9 Å². The van der Waals surface area contributed by atoms with Crippen LogP contribution in [-0.2, 0) is 9.47 Å². The lowest BCUT2D eigenvalue weighted by Crippen LogP contribution is -2.32. The Morgan fingerprint density at radius 2 is 2.50 bits per heavy atom. The summed E-state index contributed by atoms with van der Waals surface area (Å²) >= 11 is 3.24. The van der Waals surface area contributed by atoms with Gasteiger partial charge in [0.15, 0.2) is 0 Å². The molecule has 0 bridgehead atoms. The van der Waals surface area contributed by atoms with Gasteiger partial charge >= 0.3 is 0 Å². The second-order valence-corrected chi connectivity index (χ2v) is 5.10. The van der Waals surface area contributed by atoms with E-state index in [2.05, 4.69) is 27.8 Å². The third-order valence-electron chi connectivity index (χ3n) is 2.33. The van der Waals surface area contributed by atoms with Gasteiger partial charge in [-0.2, -0.15) is 0 Å². The summed E-state index contributed by atoms with van der Waals surface area (Å²) in [4.78, 5) is 0. The molecule has 1 saturated heterocycles. The first kappa shape index (κ1) is 14.1. The lowest BCUT2D eigenvalue weighted by molar-refractivity contribution is -0.0162. The minimum Gasteiger partial charge on any atom is -0.389 e. The van der Waals surface area contributed by atoms with E-state index in [1.807, 2.05) is 0 Å². The predicted octanol–water partition coefficient (Wildman–Crippen LogP) is 1.04. The molecule has 2 atom stereocenters. The monoisotopic (exact) mass is 293 g/mol. The van der Waals surface area contributed by atoms with Gasteiger partial charge in [-0.25, -0.2) is 0 Å². The molecule has 0 aliphatic carbocycles. The maximum Gasteiger partial charge on any atom is 0.0897 e. The number of hydrogen-bond acceptors (Lipinski definition) is 4. The number of ether oxygens (including phenoxy) is 2. The molecule has 94 valence electrons. The number of aliphatic hydroxyl groups is 1. The highest BCUT2D eigenvalue weighted by Crippen LogP contribution is 2.11. The second-order valence-electron chi connectivity index (χ2n) is 3.97. The van der Waals surface area contributed by atoms with Gasteiger partial charge in [0, 0.05) is 24.2 Å². The van der Waals surface area contributed by atoms with E-state index in [1.165, 1.54) is 0 Å². The lowest BCUT2D eigenvalue weighted by Gasteiger charge is -2.14. The minimum atomic E-state index is -0.478. The molecule has 0 radical (unpaired) electrons. The Bertz CT molecular complexity index is 207. The Morgan fingerprint density at radius 1 is 1.69 bits per heavy atom. The SMILES string of the molecule is C=C(Br)CNCC(O)COCC1CCCO1. The van der Waals surface area contributed by atoms with E-state index in [9.17, 15) is 5.11 Å². The molecule has 1 heterocycles. The molecular weight excluding hydrogens is 274 g/mol. The molecule has 0 aromatic heterocycles. The molecule has 0 amide bonds. The van der Waals surface area contributed by atoms with Crippen molar-refractivity contribution in [2.45, 2.75) is 25.0 Å². The molecule has 1 rings (SSSR count). The topological polar surface area (TPSA) is 50.7 Å². The zero-order chi connectivity index (χ0) is 11.8. The Hall–Kier alpha value is 0.0600. The average Bonchev–Trinajstić information content (AvgIpc) is 2.70. The van der Waals surface area contributed by atoms with Crippen LogP contribution >= 0.6 is 15.9 Å². The van der Waals surface area contributed by atoms with E-state index >= 15 is 0 Å². The number of hydrogen-bond donors (Lipinski definition) is 2. The van der Waals surface area contributed by atoms with Crippen molar-refractivity contribution in [3.05, 3.63) is 11.1 Å². The predicted molar refractivity (Wildman–Crippen MR) is 66.7 cm³/mol. The summed E-state index contributed by atoms with van der Waals surface area (Å²) < 4.78 is 11.7. The number of halogens is 1. The fourth-order valence-electron chi connectivity index (χ4n) is 1.54. The van der Waals surface area contributed by atoms with Crippen molar-refractivity contribution < 1.29 is 14.6 Å². The molecule has 2 N–H and O–H groups in total. The molecule has 2 unspecified atom stereocenters. The van der Waals surface area contributed by atoms with Crippen molar-refractivity contribution >= 4 is 15.9 Å². The van der Waals surface area contributed by atoms with Gasteiger partial charge in [0.25, 0.3) is 0 Å². The third kappa shape index (κ3) is 6.60. The van der Waals surface area contributed by atoms with Crippen LogP contribution in [0, 0.1) is 0 Å². The first-order chi connectivity index (χ1) is 7.68. The number of rotatable bonds is 8. The first-order valence-corrected chi connectivity index (χ1v) is 6.39. The number of nitrogens with one attached hydrogen (secondary N) is 1. The van der Waals surface area contributed by atoms with Crippen LogP contribution < -0.4 is 5.32 Å². The normalized spacial score (nSPS) is 22.2. The van der Waals surface area contributed by atoms with E-state index in [0.717, 1.165) is 23.9 Å². The molecule has 1 aliphatic rings. The van der Waals surface area contributed by atoms with Crippen LogP contribution in [0.5, 0.6) is 0 Å². The van der Waals surface area contributed by atoms with Gasteiger partial charge in [0.05, 0.1) is 25.4 Å². The highest BCUT2D eigenvalue weighted by atomic mass is 79.9. The van der Waals surface area contributed by atoms with Crippen LogP contribution in [0.4, 0.5) is 0 Å². The van der Waals surface area contributed by atoms with E-state index < -0.39 is 6.10 Å². The molecule has 1 fully saturated rings. The number of aliphatic hydroxyl groups excluding tert-OH is 1. The van der Waals surface area contributed by atoms with Crippen molar-refractivity contribution in [2.75, 3.05) is 32.9 Å². The quantitative estimate of drug-likeness (QED) is 0.702. The first-order valence-electron chi connectivity index (χ1n) is 5.60. The minimum absolute atomic E-state index is 0.225. The average molecular weight is 294 g/mol. The zero-order valence-corrected chi connectivity index (χ0v) is 11.0. The van der Waals surface area contributed by atoms with Crippen LogP contribution in [0.25, 0.3) is 0 Å². The van der Waals surface area contributed by atoms with Crippen molar-refractivity contribution in [3.63, 3.8) is 0 Å². The second kappa shape index (κ2) is 8.20. The van der Waals surface area contributed by atoms with Crippen molar-refractivity contribution in [1.29, 1.82) is 0 Å². The van der Waals surface area contributed by atoms with Crippen LogP contribution in [0.15, 0.2) is 11.1 Å². The molecule has 0 aromatic carbocycles. The fourth-order valence-corrected chi connectivity index (χ4v) is 1.74. The molecule has 16 heavy (non-hydrogen) atoms. The molecule has 5 heteroatoms. The van der Waals surface area contributed by atoms with Crippen molar-refractivity contribution in [3.8, 4) is 0 Å². The van der Waals surface area contributed by atoms with Gasteiger partial charge in [-0.1, -0.05) is 22.5 Å². The van der Waals surface area contributed by atoms with Gasteiger partial charge in [0.1, 0.15) is 0 Å². The Morgan fingerprint density at radius 3 is 3.12 bits per heavy atom. The van der Waals surface area contributed by atoms with Crippen molar-refractivity contribution in [2.24, 2.45) is 0 Å². The summed E-state index contributed by atoms with van der Waals surface area (Å²) in [6.07, 6.45) is 1.93.